The molecule has 0 bridgehead atoms. The number of carbonyl (C=O) groups is 1. The Balaban J connectivity index is 1.30. The number of hydrogen-bond donors (Lipinski definition) is 0. The normalized spacial score (nSPS) is 18.0. The van der Waals surface area contributed by atoms with Gasteiger partial charge in [-0.05, 0) is 54.5 Å². The van der Waals surface area contributed by atoms with Crippen molar-refractivity contribution >= 4 is 17.9 Å². The molecule has 0 spiro atoms. The molecule has 3 aromatic rings. The SMILES string of the molecule is C[C@@H]1Oc2ccccc2C=C1C=C1Oc2cc(OCC=Cc3ccccc3)ccc2C1=O. The van der Waals surface area contributed by atoms with Gasteiger partial charge in [-0.1, -0.05) is 54.6 Å². The van der Waals surface area contributed by atoms with E-state index in [1.54, 1.807) is 24.3 Å². The standard InChI is InChI=1S/C28H22O4/c1-19-22(16-21-11-5-6-12-25(21)31-19)17-27-28(29)24-14-13-23(18-26(24)32-27)30-15-7-10-20-8-3-2-4-9-20/h2-14,16-19H,15H2,1H3/t19-/m0/s1. The van der Waals surface area contributed by atoms with Gasteiger partial charge in [-0.15, -0.1) is 0 Å². The largest absolute Gasteiger partial charge is 0.489 e. The van der Waals surface area contributed by atoms with E-state index in [0.717, 1.165) is 22.4 Å². The summed E-state index contributed by atoms with van der Waals surface area (Å²) in [6, 6.07) is 23.2. The number of ketones is 1. The van der Waals surface area contributed by atoms with Gasteiger partial charge in [0.15, 0.2) is 5.76 Å². The zero-order valence-electron chi connectivity index (χ0n) is 17.7. The Morgan fingerprint density at radius 2 is 1.78 bits per heavy atom. The smallest absolute Gasteiger partial charge is 0.231 e. The minimum atomic E-state index is -0.173. The topological polar surface area (TPSA) is 44.8 Å². The highest BCUT2D eigenvalue weighted by atomic mass is 16.5. The van der Waals surface area contributed by atoms with Crippen molar-refractivity contribution in [1.82, 2.24) is 0 Å². The summed E-state index contributed by atoms with van der Waals surface area (Å²) in [5.74, 6) is 2.16. The molecule has 0 aliphatic carbocycles. The first-order chi connectivity index (χ1) is 15.7. The Morgan fingerprint density at radius 3 is 2.66 bits per heavy atom. The molecule has 158 valence electrons. The summed E-state index contributed by atoms with van der Waals surface area (Å²) in [7, 11) is 0. The highest BCUT2D eigenvalue weighted by molar-refractivity contribution is 6.12. The minimum absolute atomic E-state index is 0.137. The third-order valence-corrected chi connectivity index (χ3v) is 5.41. The quantitative estimate of drug-likeness (QED) is 0.466. The van der Waals surface area contributed by atoms with E-state index in [4.69, 9.17) is 14.2 Å². The van der Waals surface area contributed by atoms with Crippen LogP contribution < -0.4 is 14.2 Å². The Bertz CT molecular complexity index is 1250. The molecule has 1 atom stereocenters. The van der Waals surface area contributed by atoms with Crippen molar-refractivity contribution in [2.24, 2.45) is 0 Å². The van der Waals surface area contributed by atoms with Crippen LogP contribution in [0.25, 0.3) is 12.2 Å². The number of fused-ring (bicyclic) bond motifs is 2. The first kappa shape index (κ1) is 19.9. The lowest BCUT2D eigenvalue weighted by Gasteiger charge is -2.22. The van der Waals surface area contributed by atoms with Gasteiger partial charge in [-0.3, -0.25) is 4.79 Å². The second-order valence-electron chi connectivity index (χ2n) is 7.66. The molecule has 0 N–H and O–H groups in total. The molecule has 4 heteroatoms. The summed E-state index contributed by atoms with van der Waals surface area (Å²) in [6.45, 7) is 2.38. The van der Waals surface area contributed by atoms with E-state index in [9.17, 15) is 4.79 Å². The molecule has 5 rings (SSSR count). The molecule has 0 saturated heterocycles. The molecule has 0 amide bonds. The number of benzene rings is 3. The van der Waals surface area contributed by atoms with Gasteiger partial charge in [0, 0.05) is 11.6 Å². The lowest BCUT2D eigenvalue weighted by atomic mass is 10.0. The van der Waals surface area contributed by atoms with Crippen molar-refractivity contribution < 1.29 is 19.0 Å². The monoisotopic (exact) mass is 422 g/mol. The molecule has 0 aromatic heterocycles. The molecule has 3 aromatic carbocycles. The van der Waals surface area contributed by atoms with Crippen LogP contribution >= 0.6 is 0 Å². The molecule has 0 saturated carbocycles. The Hall–Kier alpha value is -4.05. The van der Waals surface area contributed by atoms with Gasteiger partial charge < -0.3 is 14.2 Å². The Kier molecular flexibility index (Phi) is 5.34. The average molecular weight is 422 g/mol. The predicted molar refractivity (Wildman–Crippen MR) is 125 cm³/mol. The van der Waals surface area contributed by atoms with E-state index in [0.29, 0.717) is 29.4 Å². The highest BCUT2D eigenvalue weighted by Gasteiger charge is 2.29. The van der Waals surface area contributed by atoms with Crippen molar-refractivity contribution in [3.63, 3.8) is 0 Å². The molecular weight excluding hydrogens is 400 g/mol. The van der Waals surface area contributed by atoms with Crippen LogP contribution in [-0.4, -0.2) is 18.5 Å². The molecule has 0 unspecified atom stereocenters. The number of carbonyl (C=O) groups excluding carboxylic acids is 1. The van der Waals surface area contributed by atoms with E-state index in [2.05, 4.69) is 0 Å². The number of para-hydroxylation sites is 1. The maximum absolute atomic E-state index is 12.8. The van der Waals surface area contributed by atoms with Crippen molar-refractivity contribution in [2.45, 2.75) is 13.0 Å². The van der Waals surface area contributed by atoms with E-state index in [-0.39, 0.29) is 11.9 Å². The summed E-state index contributed by atoms with van der Waals surface area (Å²) in [5.41, 5.74) is 3.53. The summed E-state index contributed by atoms with van der Waals surface area (Å²) in [5, 5.41) is 0. The molecular formula is C28H22O4. The highest BCUT2D eigenvalue weighted by Crippen LogP contribution is 2.36. The van der Waals surface area contributed by atoms with Gasteiger partial charge in [-0.2, -0.15) is 0 Å². The maximum Gasteiger partial charge on any atom is 0.231 e. The second-order valence-corrected chi connectivity index (χ2v) is 7.66. The number of ether oxygens (including phenoxy) is 3. The van der Waals surface area contributed by atoms with Crippen LogP contribution in [0.15, 0.2) is 96.3 Å². The van der Waals surface area contributed by atoms with E-state index >= 15 is 0 Å². The number of allylic oxidation sites excluding steroid dienone is 1. The van der Waals surface area contributed by atoms with Crippen molar-refractivity contribution in [3.05, 3.63) is 113 Å². The van der Waals surface area contributed by atoms with Crippen LogP contribution in [0, 0.1) is 0 Å². The van der Waals surface area contributed by atoms with Crippen molar-refractivity contribution in [3.8, 4) is 17.2 Å². The van der Waals surface area contributed by atoms with Crippen LogP contribution in [0.4, 0.5) is 0 Å². The molecule has 0 radical (unpaired) electrons. The zero-order chi connectivity index (χ0) is 21.9. The van der Waals surface area contributed by atoms with Gasteiger partial charge in [0.2, 0.25) is 5.78 Å². The van der Waals surface area contributed by atoms with Gasteiger partial charge in [-0.25, -0.2) is 0 Å². The van der Waals surface area contributed by atoms with Crippen LogP contribution in [0.1, 0.15) is 28.4 Å². The number of Topliss-reactive ketones (excluding diaryl/α,β-unsaturated/α-hetero) is 1. The molecule has 32 heavy (non-hydrogen) atoms. The first-order valence-electron chi connectivity index (χ1n) is 10.6. The summed E-state index contributed by atoms with van der Waals surface area (Å²) >= 11 is 0. The molecule has 2 heterocycles. The van der Waals surface area contributed by atoms with Gasteiger partial charge in [0.25, 0.3) is 0 Å². The van der Waals surface area contributed by atoms with E-state index < -0.39 is 0 Å². The fourth-order valence-corrected chi connectivity index (χ4v) is 3.72. The zero-order valence-corrected chi connectivity index (χ0v) is 17.7. The molecule has 2 aliphatic rings. The van der Waals surface area contributed by atoms with Crippen LogP contribution in [-0.2, 0) is 0 Å². The Labute approximate surface area is 187 Å². The van der Waals surface area contributed by atoms with Crippen LogP contribution in [0.2, 0.25) is 0 Å². The summed E-state index contributed by atoms with van der Waals surface area (Å²) in [4.78, 5) is 12.8. The molecule has 2 aliphatic heterocycles. The molecule has 0 fully saturated rings. The lowest BCUT2D eigenvalue weighted by molar-refractivity contribution is 0.101. The summed E-state index contributed by atoms with van der Waals surface area (Å²) in [6.07, 6.45) is 7.59. The third-order valence-electron chi connectivity index (χ3n) is 5.41. The Morgan fingerprint density at radius 1 is 0.969 bits per heavy atom. The summed E-state index contributed by atoms with van der Waals surface area (Å²) < 4.78 is 17.7. The van der Waals surface area contributed by atoms with E-state index in [1.807, 2.05) is 79.7 Å². The fraction of sp³-hybridized carbons (Fsp3) is 0.107. The van der Waals surface area contributed by atoms with Crippen LogP contribution in [0.3, 0.4) is 0 Å². The minimum Gasteiger partial charge on any atom is -0.489 e. The van der Waals surface area contributed by atoms with E-state index in [1.165, 1.54) is 0 Å². The number of hydrogen-bond acceptors (Lipinski definition) is 4. The van der Waals surface area contributed by atoms with Gasteiger partial charge in [0.1, 0.15) is 30.0 Å². The van der Waals surface area contributed by atoms with Crippen molar-refractivity contribution in [1.29, 1.82) is 0 Å². The number of rotatable bonds is 5. The van der Waals surface area contributed by atoms with Crippen molar-refractivity contribution in [2.75, 3.05) is 6.61 Å². The van der Waals surface area contributed by atoms with Gasteiger partial charge >= 0.3 is 0 Å². The van der Waals surface area contributed by atoms with Crippen LogP contribution in [0.5, 0.6) is 17.2 Å². The third kappa shape index (κ3) is 4.08. The maximum atomic E-state index is 12.8. The van der Waals surface area contributed by atoms with Gasteiger partial charge in [0.05, 0.1) is 5.56 Å². The average Bonchev–Trinajstić information content (AvgIpc) is 3.12. The first-order valence-corrected chi connectivity index (χ1v) is 10.6. The second kappa shape index (κ2) is 8.60. The lowest BCUT2D eigenvalue weighted by Crippen LogP contribution is -2.18. The predicted octanol–water partition coefficient (Wildman–Crippen LogP) is 6.10. The fourth-order valence-electron chi connectivity index (χ4n) is 3.72. The molecule has 4 nitrogen and oxygen atoms in total.